The van der Waals surface area contributed by atoms with Gasteiger partial charge in [0.05, 0.1) is 5.75 Å². The second kappa shape index (κ2) is 8.10. The zero-order valence-electron chi connectivity index (χ0n) is 13.6. The molecule has 26 heavy (non-hydrogen) atoms. The van der Waals surface area contributed by atoms with Crippen LogP contribution >= 0.6 is 23.1 Å². The second-order valence-corrected chi connectivity index (χ2v) is 6.97. The lowest BCUT2D eigenvalue weighted by atomic mass is 10.1. The number of hydrogen-bond donors (Lipinski definition) is 3. The van der Waals surface area contributed by atoms with Crippen molar-refractivity contribution >= 4 is 34.1 Å². The van der Waals surface area contributed by atoms with E-state index in [1.165, 1.54) is 11.3 Å². The molecule has 0 bridgehead atoms. The molecule has 0 aromatic carbocycles. The number of anilines is 1. The summed E-state index contributed by atoms with van der Waals surface area (Å²) >= 11 is 2.44. The quantitative estimate of drug-likeness (QED) is 0.497. The minimum absolute atomic E-state index is 0.111. The number of carbonyl (C=O) groups excluding carboxylic acids is 1. The first-order valence-corrected chi connectivity index (χ1v) is 9.34. The van der Waals surface area contributed by atoms with Gasteiger partial charge in [-0.3, -0.25) is 14.6 Å². The number of thiazole rings is 1. The van der Waals surface area contributed by atoms with E-state index in [-0.39, 0.29) is 16.9 Å². The summed E-state index contributed by atoms with van der Waals surface area (Å²) in [7, 11) is 0. The monoisotopic (exact) mass is 394 g/mol. The molecule has 10 nitrogen and oxygen atoms in total. The normalized spacial score (nSPS) is 10.8. The third-order valence-electron chi connectivity index (χ3n) is 3.30. The average molecular weight is 394 g/mol. The van der Waals surface area contributed by atoms with E-state index in [0.29, 0.717) is 35.1 Å². The highest BCUT2D eigenvalue weighted by molar-refractivity contribution is 7.99. The first-order valence-electron chi connectivity index (χ1n) is 7.48. The van der Waals surface area contributed by atoms with Gasteiger partial charge in [0.2, 0.25) is 11.8 Å². The Labute approximate surface area is 154 Å². The molecule has 0 atom stereocenters. The van der Waals surface area contributed by atoms with Gasteiger partial charge in [0, 0.05) is 29.3 Å². The first-order chi connectivity index (χ1) is 12.5. The predicted octanol–water partition coefficient (Wildman–Crippen LogP) is 0.727. The third kappa shape index (κ3) is 4.67. The molecule has 3 rings (SSSR count). The third-order valence-corrected chi connectivity index (χ3v) is 4.80. The second-order valence-electron chi connectivity index (χ2n) is 5.15. The number of nitrogens with one attached hydrogen (secondary N) is 3. The highest BCUT2D eigenvalue weighted by Crippen LogP contribution is 2.18. The van der Waals surface area contributed by atoms with Gasteiger partial charge in [0.1, 0.15) is 0 Å². The first kappa shape index (κ1) is 18.1. The van der Waals surface area contributed by atoms with Gasteiger partial charge in [-0.25, -0.2) is 9.78 Å². The van der Waals surface area contributed by atoms with Crippen molar-refractivity contribution in [3.63, 3.8) is 0 Å². The van der Waals surface area contributed by atoms with Gasteiger partial charge in [-0.05, 0) is 13.3 Å². The topological polar surface area (TPSA) is 147 Å². The highest BCUT2D eigenvalue weighted by atomic mass is 32.2. The lowest BCUT2D eigenvalue weighted by Gasteiger charge is -2.01. The van der Waals surface area contributed by atoms with E-state index in [9.17, 15) is 14.4 Å². The number of hydrogen-bond acceptors (Lipinski definition) is 9. The summed E-state index contributed by atoms with van der Waals surface area (Å²) in [6.07, 6.45) is 2.29. The van der Waals surface area contributed by atoms with Crippen molar-refractivity contribution in [2.45, 2.75) is 25.0 Å². The van der Waals surface area contributed by atoms with E-state index < -0.39 is 11.2 Å². The van der Waals surface area contributed by atoms with Crippen molar-refractivity contribution in [1.29, 1.82) is 0 Å². The van der Waals surface area contributed by atoms with Crippen LogP contribution < -0.4 is 16.6 Å². The Balaban J connectivity index is 1.53. The van der Waals surface area contributed by atoms with Crippen LogP contribution in [0.25, 0.3) is 0 Å². The van der Waals surface area contributed by atoms with Crippen molar-refractivity contribution < 1.29 is 9.21 Å². The fourth-order valence-electron chi connectivity index (χ4n) is 2.12. The van der Waals surface area contributed by atoms with Gasteiger partial charge in [-0.15, -0.1) is 21.5 Å². The highest BCUT2D eigenvalue weighted by Gasteiger charge is 2.12. The summed E-state index contributed by atoms with van der Waals surface area (Å²) in [6, 6.07) is 0. The molecule has 0 saturated heterocycles. The number of aromatic nitrogens is 5. The molecule has 0 aliphatic heterocycles. The van der Waals surface area contributed by atoms with Crippen LogP contribution in [0.15, 0.2) is 30.8 Å². The molecule has 0 aliphatic rings. The van der Waals surface area contributed by atoms with Crippen LogP contribution in [0.4, 0.5) is 5.13 Å². The molecular weight excluding hydrogens is 380 g/mol. The molecule has 0 unspecified atom stereocenters. The van der Waals surface area contributed by atoms with Crippen LogP contribution in [-0.4, -0.2) is 36.8 Å². The molecule has 0 fully saturated rings. The lowest BCUT2D eigenvalue weighted by molar-refractivity contribution is -0.113. The number of nitrogens with zero attached hydrogens (tertiary/aromatic N) is 3. The zero-order chi connectivity index (χ0) is 18.5. The molecule has 1 amide bonds. The summed E-state index contributed by atoms with van der Waals surface area (Å²) in [6.45, 7) is 1.65. The SMILES string of the molecule is Cc1[nH]c(=O)[nH]c(=O)c1CCc1nnc(SCC(=O)Nc2nccs2)o1. The molecule has 0 aliphatic carbocycles. The molecule has 0 spiro atoms. The molecule has 3 aromatic heterocycles. The summed E-state index contributed by atoms with van der Waals surface area (Å²) < 4.78 is 5.46. The molecule has 0 saturated carbocycles. The smallest absolute Gasteiger partial charge is 0.325 e. The van der Waals surface area contributed by atoms with E-state index in [0.717, 1.165) is 11.8 Å². The van der Waals surface area contributed by atoms with Crippen LogP contribution in [0.5, 0.6) is 0 Å². The Morgan fingerprint density at radius 3 is 2.88 bits per heavy atom. The average Bonchev–Trinajstić information content (AvgIpc) is 3.23. The summed E-state index contributed by atoms with van der Waals surface area (Å²) in [4.78, 5) is 43.4. The molecule has 12 heteroatoms. The molecule has 136 valence electrons. The van der Waals surface area contributed by atoms with Gasteiger partial charge >= 0.3 is 5.69 Å². The zero-order valence-corrected chi connectivity index (χ0v) is 15.2. The van der Waals surface area contributed by atoms with Crippen molar-refractivity contribution in [3.05, 3.63) is 49.6 Å². The van der Waals surface area contributed by atoms with Crippen molar-refractivity contribution in [3.8, 4) is 0 Å². The Morgan fingerprint density at radius 2 is 2.15 bits per heavy atom. The number of aryl methyl sites for hydroxylation is 2. The predicted molar refractivity (Wildman–Crippen MR) is 95.6 cm³/mol. The minimum atomic E-state index is -0.538. The Hall–Kier alpha value is -2.73. The van der Waals surface area contributed by atoms with Crippen LogP contribution in [0.1, 0.15) is 17.1 Å². The van der Waals surface area contributed by atoms with E-state index in [1.807, 2.05) is 0 Å². The largest absolute Gasteiger partial charge is 0.416 e. The standard InChI is InChI=1S/C14H14N6O4S2/c1-7-8(11(22)18-12(23)16-7)2-3-10-19-20-14(24-10)26-6-9(21)17-13-15-4-5-25-13/h4-5H,2-3,6H2,1H3,(H,15,17,21)(H2,16,18,22,23). The van der Waals surface area contributed by atoms with Crippen molar-refractivity contribution in [2.24, 2.45) is 0 Å². The summed E-state index contributed by atoms with van der Waals surface area (Å²) in [5.74, 6) is 0.234. The van der Waals surface area contributed by atoms with Crippen LogP contribution in [0.2, 0.25) is 0 Å². The van der Waals surface area contributed by atoms with Gasteiger partial charge in [-0.1, -0.05) is 11.8 Å². The van der Waals surface area contributed by atoms with Gasteiger partial charge in [0.25, 0.3) is 10.8 Å². The number of rotatable bonds is 7. The minimum Gasteiger partial charge on any atom is -0.416 e. The Bertz CT molecular complexity index is 1010. The van der Waals surface area contributed by atoms with E-state index in [1.54, 1.807) is 18.5 Å². The van der Waals surface area contributed by atoms with E-state index in [2.05, 4.69) is 30.5 Å². The Kier molecular flexibility index (Phi) is 5.63. The fraction of sp³-hybridized carbons (Fsp3) is 0.286. The fourth-order valence-corrected chi connectivity index (χ4v) is 3.25. The van der Waals surface area contributed by atoms with Crippen LogP contribution in [-0.2, 0) is 17.6 Å². The van der Waals surface area contributed by atoms with Crippen molar-refractivity contribution in [1.82, 2.24) is 25.1 Å². The molecule has 3 aromatic rings. The van der Waals surface area contributed by atoms with Crippen LogP contribution in [0.3, 0.4) is 0 Å². The van der Waals surface area contributed by atoms with Gasteiger partial charge in [0.15, 0.2) is 5.13 Å². The number of amides is 1. The Morgan fingerprint density at radius 1 is 1.31 bits per heavy atom. The van der Waals surface area contributed by atoms with Crippen LogP contribution in [0, 0.1) is 6.92 Å². The maximum Gasteiger partial charge on any atom is 0.325 e. The summed E-state index contributed by atoms with van der Waals surface area (Å²) in [5, 5.41) is 13.0. The van der Waals surface area contributed by atoms with Crippen molar-refractivity contribution in [2.75, 3.05) is 11.1 Å². The maximum atomic E-state index is 11.8. The van der Waals surface area contributed by atoms with E-state index >= 15 is 0 Å². The lowest BCUT2D eigenvalue weighted by Crippen LogP contribution is -2.27. The maximum absolute atomic E-state index is 11.8. The number of H-pyrrole nitrogens is 2. The van der Waals surface area contributed by atoms with Gasteiger partial charge in [-0.2, -0.15) is 0 Å². The molecular formula is C14H14N6O4S2. The number of carbonyl (C=O) groups is 1. The number of aromatic amines is 2. The number of thioether (sulfide) groups is 1. The van der Waals surface area contributed by atoms with Gasteiger partial charge < -0.3 is 14.7 Å². The molecule has 0 radical (unpaired) electrons. The van der Waals surface area contributed by atoms with E-state index in [4.69, 9.17) is 4.42 Å². The summed E-state index contributed by atoms with van der Waals surface area (Å²) in [5.41, 5.74) is -0.00507. The molecule has 3 heterocycles. The molecule has 3 N–H and O–H groups in total.